The van der Waals surface area contributed by atoms with Gasteiger partial charge in [0.25, 0.3) is 0 Å². The van der Waals surface area contributed by atoms with Gasteiger partial charge >= 0.3 is 310 Å². The molecule has 0 bridgehead atoms. The van der Waals surface area contributed by atoms with E-state index in [1.165, 1.54) is 44.5 Å². The number of rotatable bonds is 6. The van der Waals surface area contributed by atoms with Gasteiger partial charge in [0.2, 0.25) is 0 Å². The second-order valence-corrected chi connectivity index (χ2v) is 71.5. The summed E-state index contributed by atoms with van der Waals surface area (Å²) in [7, 11) is 0. The van der Waals surface area contributed by atoms with Crippen LogP contribution in [0.25, 0.3) is 24.3 Å². The maximum Gasteiger partial charge on any atom is -1.00 e. The van der Waals surface area contributed by atoms with Crippen molar-refractivity contribution in [2.45, 2.75) is 68.6 Å². The van der Waals surface area contributed by atoms with Gasteiger partial charge in [0.15, 0.2) is 0 Å². The number of hydrogen-bond acceptors (Lipinski definition) is 0. The zero-order valence-electron chi connectivity index (χ0n) is 30.8. The molecule has 4 aromatic carbocycles. The van der Waals surface area contributed by atoms with E-state index >= 15 is 0 Å². The normalized spacial score (nSPS) is 19.7. The van der Waals surface area contributed by atoms with Gasteiger partial charge in [0.1, 0.15) is 0 Å². The maximum atomic E-state index is 2.62. The smallest absolute Gasteiger partial charge is 1.00 e. The Morgan fingerprint density at radius 2 is 0.600 bits per heavy atom. The summed E-state index contributed by atoms with van der Waals surface area (Å²) in [4.78, 5) is 0. The minimum Gasteiger partial charge on any atom is -1.00 e. The van der Waals surface area contributed by atoms with Crippen LogP contribution < -0.4 is 24.8 Å². The first-order valence-corrected chi connectivity index (χ1v) is 44.5. The van der Waals surface area contributed by atoms with Crippen LogP contribution in [0.4, 0.5) is 0 Å². The van der Waals surface area contributed by atoms with Crippen LogP contribution in [-0.2, 0) is 41.2 Å². The standard InChI is InChI=1S/4C10H9.2C2H7Si.2ClH.2Hf/c4*1-8-4-2-5-9-6-3-7-10(8)9;2*1-3-2;;;;/h4*2-7H,1H3;2*3H,1-2H3;2*1H;;/q;;;;;;;;2*+1/p-2. The number of allylic oxidation sites excluding steroid dienone is 4. The van der Waals surface area contributed by atoms with Gasteiger partial charge in [-0.25, -0.2) is 0 Å². The first-order valence-electron chi connectivity index (χ1n) is 18.0. The average Bonchev–Trinajstić information content (AvgIpc) is 3.85. The molecule has 4 aliphatic rings. The van der Waals surface area contributed by atoms with Crippen molar-refractivity contribution >= 4 is 36.3 Å². The average molecular weight is 1060 g/mol. The molecule has 0 spiro atoms. The van der Waals surface area contributed by atoms with E-state index in [1.807, 2.05) is 0 Å². The Morgan fingerprint density at radius 3 is 0.800 bits per heavy atom. The molecule has 0 fully saturated rings. The van der Waals surface area contributed by atoms with Crippen LogP contribution in [0.3, 0.4) is 0 Å². The molecule has 4 unspecified atom stereocenters. The van der Waals surface area contributed by atoms with Gasteiger partial charge in [-0.15, -0.1) is 0 Å². The van der Waals surface area contributed by atoms with Crippen molar-refractivity contribution in [2.24, 2.45) is 0 Å². The zero-order valence-corrected chi connectivity index (χ0v) is 41.8. The van der Waals surface area contributed by atoms with Gasteiger partial charge in [-0.05, 0) is 0 Å². The van der Waals surface area contributed by atoms with Gasteiger partial charge in [0, 0.05) is 0 Å². The minimum atomic E-state index is -1.89. The van der Waals surface area contributed by atoms with Crippen molar-refractivity contribution in [3.05, 3.63) is 164 Å². The monoisotopic (exact) mass is 1060 g/mol. The second kappa shape index (κ2) is 16.7. The van der Waals surface area contributed by atoms with Gasteiger partial charge < -0.3 is 24.8 Å². The maximum absolute atomic E-state index is 2.62. The van der Waals surface area contributed by atoms with Crippen molar-refractivity contribution in [1.82, 2.24) is 0 Å². The first kappa shape index (κ1) is 39.8. The van der Waals surface area contributed by atoms with E-state index in [0.717, 1.165) is 14.7 Å². The van der Waals surface area contributed by atoms with E-state index in [2.05, 4.69) is 175 Å². The van der Waals surface area contributed by atoms with Crippen LogP contribution in [0.2, 0.25) is 26.2 Å². The van der Waals surface area contributed by atoms with E-state index in [4.69, 9.17) is 0 Å². The molecule has 0 N–H and O–H groups in total. The third kappa shape index (κ3) is 7.38. The molecular formula is C44H50Cl2Hf2Si2. The Balaban J connectivity index is 0.000000187. The topological polar surface area (TPSA) is 0 Å². The van der Waals surface area contributed by atoms with E-state index < -0.39 is 53.2 Å². The summed E-state index contributed by atoms with van der Waals surface area (Å²) >= 11 is -3.78. The predicted octanol–water partition coefficient (Wildman–Crippen LogP) is 5.49. The third-order valence-corrected chi connectivity index (χ3v) is 71.7. The molecule has 0 radical (unpaired) electrons. The van der Waals surface area contributed by atoms with E-state index in [-0.39, 0.29) is 24.8 Å². The summed E-state index contributed by atoms with van der Waals surface area (Å²) < 4.78 is 3.16. The third-order valence-electron chi connectivity index (χ3n) is 11.3. The molecule has 8 rings (SSSR count). The molecule has 4 atom stereocenters. The number of benzene rings is 4. The summed E-state index contributed by atoms with van der Waals surface area (Å²) in [5, 5.41) is 0. The number of fused-ring (bicyclic) bond motifs is 4. The van der Waals surface area contributed by atoms with Gasteiger partial charge in [-0.3, -0.25) is 0 Å². The predicted molar refractivity (Wildman–Crippen MR) is 210 cm³/mol. The Hall–Kier alpha value is -1.41. The Morgan fingerprint density at radius 1 is 0.380 bits per heavy atom. The molecule has 50 heavy (non-hydrogen) atoms. The zero-order chi connectivity index (χ0) is 33.7. The van der Waals surface area contributed by atoms with Crippen LogP contribution >= 0.6 is 0 Å². The molecule has 0 heterocycles. The second-order valence-electron chi connectivity index (χ2n) is 15.0. The van der Waals surface area contributed by atoms with Crippen LogP contribution in [0, 0.1) is 27.7 Å². The molecule has 0 saturated heterocycles. The molecular weight excluding hydrogens is 1010 g/mol. The minimum absolute atomic E-state index is 0. The molecule has 0 aliphatic heterocycles. The van der Waals surface area contributed by atoms with E-state index in [9.17, 15) is 0 Å². The van der Waals surface area contributed by atoms with E-state index in [1.54, 1.807) is 22.3 Å². The first-order chi connectivity index (χ1) is 23.2. The summed E-state index contributed by atoms with van der Waals surface area (Å²) in [5.41, 5.74) is 18.7. The Kier molecular flexibility index (Phi) is 13.3. The van der Waals surface area contributed by atoms with Crippen molar-refractivity contribution < 1.29 is 66.0 Å². The summed E-state index contributed by atoms with van der Waals surface area (Å²) in [5.74, 6) is -1.28. The van der Waals surface area contributed by atoms with E-state index in [0.29, 0.717) is 0 Å². The quantitative estimate of drug-likeness (QED) is 0.225. The van der Waals surface area contributed by atoms with Crippen molar-refractivity contribution in [1.29, 1.82) is 0 Å². The number of halogens is 2. The van der Waals surface area contributed by atoms with Crippen LogP contribution in [0.1, 0.15) is 81.5 Å². The van der Waals surface area contributed by atoms with Crippen LogP contribution in [0.15, 0.2) is 97.1 Å². The molecule has 4 aromatic rings. The molecule has 6 heteroatoms. The fourth-order valence-electron chi connectivity index (χ4n) is 9.21. The molecule has 256 valence electrons. The molecule has 0 aromatic heterocycles. The van der Waals surface area contributed by atoms with Gasteiger partial charge in [-0.1, -0.05) is 0 Å². The fraction of sp³-hybridized carbons (Fsp3) is 0.273. The van der Waals surface area contributed by atoms with Crippen LogP contribution in [0.5, 0.6) is 0 Å². The summed E-state index contributed by atoms with van der Waals surface area (Å²) in [6.45, 7) is 19.7. The fourth-order valence-corrected chi connectivity index (χ4v) is 70.0. The van der Waals surface area contributed by atoms with Crippen molar-refractivity contribution in [3.63, 3.8) is 0 Å². The Bertz CT molecular complexity index is 1710. The van der Waals surface area contributed by atoms with Gasteiger partial charge in [0.05, 0.1) is 0 Å². The largest absolute Gasteiger partial charge is 1.00 e. The summed E-state index contributed by atoms with van der Waals surface area (Å²) in [6, 6.07) is 27.4. The number of aryl methyl sites for hydroxylation is 4. The summed E-state index contributed by atoms with van der Waals surface area (Å²) in [6.07, 6.45) is 20.0. The SMILES string of the molecule is Cc1cccc2c1[CH]([Hf+]([CH]1C=Cc3cccc(C)c31)[SiH](C)C)C=C2.Cc1cccc2c1[CH]([Hf+]([CH]1C=Cc3cccc(C)c31)[SiH](C)C)C=C2.[Cl-].[Cl-]. The molecule has 0 nitrogen and oxygen atoms in total. The number of hydrogen-bond donors (Lipinski definition) is 0. The molecule has 4 aliphatic carbocycles. The van der Waals surface area contributed by atoms with Crippen molar-refractivity contribution in [2.75, 3.05) is 0 Å². The molecule has 0 saturated carbocycles. The van der Waals surface area contributed by atoms with Crippen molar-refractivity contribution in [3.8, 4) is 0 Å². The van der Waals surface area contributed by atoms with Crippen LogP contribution in [-0.4, -0.2) is 12.0 Å². The molecule has 0 amide bonds. The Labute approximate surface area is 331 Å². The van der Waals surface area contributed by atoms with Gasteiger partial charge in [-0.2, -0.15) is 0 Å².